The third-order valence-electron chi connectivity index (χ3n) is 4.72. The lowest BCUT2D eigenvalue weighted by molar-refractivity contribution is -0.119. The van der Waals surface area contributed by atoms with Crippen LogP contribution in [0.2, 0.25) is 0 Å². The normalized spacial score (nSPS) is 16.7. The zero-order chi connectivity index (χ0) is 21.3. The number of hydrogen-bond acceptors (Lipinski definition) is 5. The Morgan fingerprint density at radius 3 is 2.55 bits per heavy atom. The van der Waals surface area contributed by atoms with Gasteiger partial charge >= 0.3 is 0 Å². The quantitative estimate of drug-likeness (QED) is 0.674. The molecule has 1 aliphatic heterocycles. The molecule has 0 radical (unpaired) electrons. The van der Waals surface area contributed by atoms with Crippen LogP contribution in [-0.4, -0.2) is 42.8 Å². The van der Waals surface area contributed by atoms with E-state index in [2.05, 4.69) is 21.2 Å². The first kappa shape index (κ1) is 21.8. The summed E-state index contributed by atoms with van der Waals surface area (Å²) in [5.41, 5.74) is 2.99. The second-order valence-electron chi connectivity index (χ2n) is 6.77. The minimum absolute atomic E-state index is 0.142. The van der Waals surface area contributed by atoms with E-state index < -0.39 is 22.0 Å². The van der Waals surface area contributed by atoms with Crippen molar-refractivity contribution < 1.29 is 18.0 Å². The van der Waals surface area contributed by atoms with Gasteiger partial charge in [0.1, 0.15) is 6.04 Å². The Hall–Kier alpha value is -1.88. The van der Waals surface area contributed by atoms with Crippen molar-refractivity contribution in [2.75, 3.05) is 16.9 Å². The van der Waals surface area contributed by atoms with E-state index in [1.165, 1.54) is 34.9 Å². The minimum Gasteiger partial charge on any atom is -0.324 e. The fraction of sp³-hybridized carbons (Fsp3) is 0.263. The molecule has 1 aliphatic rings. The molecule has 10 heteroatoms. The number of hydrogen-bond donors (Lipinski definition) is 2. The largest absolute Gasteiger partial charge is 0.324 e. The van der Waals surface area contributed by atoms with Crippen LogP contribution in [0.4, 0.5) is 5.69 Å². The van der Waals surface area contributed by atoms with Crippen molar-refractivity contribution >= 4 is 55.2 Å². The van der Waals surface area contributed by atoms with E-state index in [4.69, 9.17) is 5.14 Å². The molecule has 3 rings (SSSR count). The summed E-state index contributed by atoms with van der Waals surface area (Å²) in [6.45, 7) is 3.95. The number of halogens is 1. The molecule has 0 aliphatic carbocycles. The summed E-state index contributed by atoms with van der Waals surface area (Å²) < 4.78 is 23.7. The van der Waals surface area contributed by atoms with Gasteiger partial charge in [-0.1, -0.05) is 6.07 Å². The third-order valence-corrected chi connectivity index (χ3v) is 7.33. The summed E-state index contributed by atoms with van der Waals surface area (Å²) in [5, 5.41) is 8.04. The Kier molecular flexibility index (Phi) is 6.37. The molecule has 0 bridgehead atoms. The molecule has 2 aromatic carbocycles. The zero-order valence-corrected chi connectivity index (χ0v) is 19.0. The van der Waals surface area contributed by atoms with Crippen LogP contribution in [-0.2, 0) is 14.8 Å². The first-order valence-electron chi connectivity index (χ1n) is 8.67. The van der Waals surface area contributed by atoms with Crippen molar-refractivity contribution in [3.8, 4) is 0 Å². The van der Waals surface area contributed by atoms with Crippen LogP contribution in [0.5, 0.6) is 0 Å². The molecule has 3 N–H and O–H groups in total. The molecule has 29 heavy (non-hydrogen) atoms. The van der Waals surface area contributed by atoms with E-state index in [0.29, 0.717) is 21.8 Å². The number of sulfonamides is 1. The third kappa shape index (κ3) is 4.82. The minimum atomic E-state index is -3.95. The Balaban J connectivity index is 1.84. The van der Waals surface area contributed by atoms with Crippen LogP contribution < -0.4 is 10.5 Å². The zero-order valence-electron chi connectivity index (χ0n) is 15.8. The second-order valence-corrected chi connectivity index (χ2v) is 10.2. The van der Waals surface area contributed by atoms with Gasteiger partial charge in [0.15, 0.2) is 0 Å². The van der Waals surface area contributed by atoms with Crippen molar-refractivity contribution in [2.45, 2.75) is 24.8 Å². The number of amides is 2. The van der Waals surface area contributed by atoms with Gasteiger partial charge < -0.3 is 10.2 Å². The summed E-state index contributed by atoms with van der Waals surface area (Å²) in [6.07, 6.45) is 0. The maximum absolute atomic E-state index is 13.1. The topological polar surface area (TPSA) is 110 Å². The lowest BCUT2D eigenvalue weighted by Crippen LogP contribution is -2.44. The number of anilines is 1. The molecule has 1 saturated heterocycles. The van der Waals surface area contributed by atoms with Crippen LogP contribution in [0.25, 0.3) is 0 Å². The molecule has 1 unspecified atom stereocenters. The molecule has 2 amide bonds. The van der Waals surface area contributed by atoms with E-state index in [1.807, 2.05) is 32.0 Å². The maximum atomic E-state index is 13.1. The Labute approximate surface area is 182 Å². The van der Waals surface area contributed by atoms with Gasteiger partial charge in [-0.25, -0.2) is 13.6 Å². The number of primary sulfonamides is 1. The lowest BCUT2D eigenvalue weighted by Gasteiger charge is -2.24. The molecule has 154 valence electrons. The highest BCUT2D eigenvalue weighted by Gasteiger charge is 2.36. The standard InChI is InChI=1S/C19H20BrN3O4S2/c1-11-3-4-13(7-12(11)2)22-18(24)17-9-28-10-23(17)19(25)15-8-14(29(21,26)27)5-6-16(15)20/h3-8,17H,9-10H2,1-2H3,(H,22,24)(H2,21,26,27). The Morgan fingerprint density at radius 1 is 1.17 bits per heavy atom. The maximum Gasteiger partial charge on any atom is 0.256 e. The van der Waals surface area contributed by atoms with E-state index in [-0.39, 0.29) is 16.4 Å². The molecular formula is C19H20BrN3O4S2. The van der Waals surface area contributed by atoms with Gasteiger partial charge in [0.2, 0.25) is 15.9 Å². The number of benzene rings is 2. The van der Waals surface area contributed by atoms with Crippen LogP contribution in [0.1, 0.15) is 21.5 Å². The molecule has 2 aromatic rings. The van der Waals surface area contributed by atoms with Gasteiger partial charge in [-0.2, -0.15) is 0 Å². The van der Waals surface area contributed by atoms with Crippen LogP contribution in [0.15, 0.2) is 45.8 Å². The molecule has 0 spiro atoms. The number of nitrogens with one attached hydrogen (secondary N) is 1. The van der Waals surface area contributed by atoms with Gasteiger partial charge in [-0.15, -0.1) is 11.8 Å². The number of carbonyl (C=O) groups is 2. The molecule has 1 atom stereocenters. The number of thioether (sulfide) groups is 1. The highest BCUT2D eigenvalue weighted by Crippen LogP contribution is 2.28. The predicted molar refractivity (Wildman–Crippen MR) is 117 cm³/mol. The molecule has 0 saturated carbocycles. The molecule has 1 heterocycles. The average molecular weight is 498 g/mol. The summed E-state index contributed by atoms with van der Waals surface area (Å²) in [6, 6.07) is 8.96. The van der Waals surface area contributed by atoms with E-state index in [0.717, 1.165) is 11.1 Å². The lowest BCUT2D eigenvalue weighted by atomic mass is 10.1. The highest BCUT2D eigenvalue weighted by atomic mass is 79.9. The molecule has 1 fully saturated rings. The van der Waals surface area contributed by atoms with Crippen molar-refractivity contribution in [1.29, 1.82) is 0 Å². The Morgan fingerprint density at radius 2 is 1.90 bits per heavy atom. The molecular weight excluding hydrogens is 478 g/mol. The van der Waals surface area contributed by atoms with Gasteiger partial charge in [0.05, 0.1) is 16.3 Å². The SMILES string of the molecule is Cc1ccc(NC(=O)C2CSCN2C(=O)c2cc(S(N)(=O)=O)ccc2Br)cc1C. The van der Waals surface area contributed by atoms with Gasteiger partial charge in [-0.3, -0.25) is 9.59 Å². The number of nitrogens with zero attached hydrogens (tertiary/aromatic N) is 1. The fourth-order valence-corrected chi connectivity index (χ4v) is 5.01. The monoisotopic (exact) mass is 497 g/mol. The average Bonchev–Trinajstić information content (AvgIpc) is 3.13. The molecule has 0 aromatic heterocycles. The van der Waals surface area contributed by atoms with E-state index in [9.17, 15) is 18.0 Å². The first-order valence-corrected chi connectivity index (χ1v) is 12.2. The fourth-order valence-electron chi connectivity index (χ4n) is 2.90. The molecule has 7 nitrogen and oxygen atoms in total. The number of aryl methyl sites for hydroxylation is 2. The number of rotatable bonds is 4. The first-order chi connectivity index (χ1) is 13.6. The summed E-state index contributed by atoms with van der Waals surface area (Å²) in [7, 11) is -3.95. The highest BCUT2D eigenvalue weighted by molar-refractivity contribution is 9.10. The van der Waals surface area contributed by atoms with Gasteiger partial charge in [0.25, 0.3) is 5.91 Å². The van der Waals surface area contributed by atoms with Crippen LogP contribution in [0, 0.1) is 13.8 Å². The van der Waals surface area contributed by atoms with Crippen LogP contribution >= 0.6 is 27.7 Å². The Bertz CT molecular complexity index is 1090. The van der Waals surface area contributed by atoms with E-state index >= 15 is 0 Å². The summed E-state index contributed by atoms with van der Waals surface area (Å²) >= 11 is 4.74. The number of nitrogens with two attached hydrogens (primary N) is 1. The predicted octanol–water partition coefficient (Wildman–Crippen LogP) is 2.87. The van der Waals surface area contributed by atoms with Crippen molar-refractivity contribution in [3.05, 3.63) is 57.6 Å². The van der Waals surface area contributed by atoms with Crippen LogP contribution in [0.3, 0.4) is 0 Å². The smallest absolute Gasteiger partial charge is 0.256 e. The second kappa shape index (κ2) is 8.47. The number of carbonyl (C=O) groups excluding carboxylic acids is 2. The van der Waals surface area contributed by atoms with Gasteiger partial charge in [0, 0.05) is 15.9 Å². The van der Waals surface area contributed by atoms with Gasteiger partial charge in [-0.05, 0) is 71.2 Å². The van der Waals surface area contributed by atoms with Crippen molar-refractivity contribution in [2.24, 2.45) is 5.14 Å². The van der Waals surface area contributed by atoms with Crippen molar-refractivity contribution in [1.82, 2.24) is 4.90 Å². The summed E-state index contributed by atoms with van der Waals surface area (Å²) in [4.78, 5) is 27.2. The van der Waals surface area contributed by atoms with E-state index in [1.54, 1.807) is 0 Å². The summed E-state index contributed by atoms with van der Waals surface area (Å²) in [5.74, 6) is 0.0584. The van der Waals surface area contributed by atoms with Crippen molar-refractivity contribution in [3.63, 3.8) is 0 Å².